The zero-order valence-electron chi connectivity index (χ0n) is 22.0. The highest BCUT2D eigenvalue weighted by atomic mass is 16.1. The van der Waals surface area contributed by atoms with Crippen molar-refractivity contribution >= 4 is 17.3 Å². The van der Waals surface area contributed by atoms with E-state index in [0.29, 0.717) is 48.7 Å². The smallest absolute Gasteiger partial charge is 0.139 e. The zero-order chi connectivity index (χ0) is 24.4. The van der Waals surface area contributed by atoms with E-state index in [-0.39, 0.29) is 39.1 Å². The van der Waals surface area contributed by atoms with Crippen LogP contribution in [0.1, 0.15) is 99.8 Å². The molecule has 0 radical (unpaired) electrons. The van der Waals surface area contributed by atoms with Crippen molar-refractivity contribution in [2.75, 3.05) is 0 Å². The lowest BCUT2D eigenvalue weighted by Gasteiger charge is -2.71. The molecule has 5 aliphatic carbocycles. The second-order valence-corrected chi connectivity index (χ2v) is 14.3. The molecule has 5 fully saturated rings. The van der Waals surface area contributed by atoms with Crippen LogP contribution < -0.4 is 0 Å². The standard InChI is InChI=1S/C30H44O3/c1-17(2)18-11-13-28(6)23(33)16-29(7)19(24(18)28)9-10-21-27(5)14-12-22(32)26(3,4)25(27)20(31)15-30(21,29)8/h18-19,21,24-25H,1,9-16H2,2-8H3/t18-,19+,21+,24+,25-,27+,28+,29+,30+/m0/s1. The predicted octanol–water partition coefficient (Wildman–Crippen LogP) is 6.59. The van der Waals surface area contributed by atoms with Crippen LogP contribution in [0.2, 0.25) is 0 Å². The van der Waals surface area contributed by atoms with Crippen molar-refractivity contribution in [3.8, 4) is 0 Å². The second-order valence-electron chi connectivity index (χ2n) is 14.3. The fourth-order valence-corrected chi connectivity index (χ4v) is 10.9. The summed E-state index contributed by atoms with van der Waals surface area (Å²) < 4.78 is 0. The maximum Gasteiger partial charge on any atom is 0.139 e. The molecule has 0 unspecified atom stereocenters. The molecular weight excluding hydrogens is 408 g/mol. The van der Waals surface area contributed by atoms with Gasteiger partial charge in [-0.05, 0) is 78.9 Å². The van der Waals surface area contributed by atoms with Gasteiger partial charge < -0.3 is 0 Å². The number of hydrogen-bond acceptors (Lipinski definition) is 3. The van der Waals surface area contributed by atoms with Gasteiger partial charge in [0.15, 0.2) is 0 Å². The SMILES string of the molecule is C=C(C)[C@@H]1CC[C@]2(C)C(=O)C[C@]3(C)[C@H](CC[C@@H]4[C@@]5(C)CCC(=O)C(C)(C)[C@@H]5C(=O)C[C@]43C)[C@@H]12. The van der Waals surface area contributed by atoms with Gasteiger partial charge in [0.05, 0.1) is 0 Å². The number of ketones is 3. The Bertz CT molecular complexity index is 960. The van der Waals surface area contributed by atoms with Crippen LogP contribution in [0.15, 0.2) is 12.2 Å². The molecule has 0 amide bonds. The fourth-order valence-electron chi connectivity index (χ4n) is 10.9. The van der Waals surface area contributed by atoms with Crippen LogP contribution in [0.3, 0.4) is 0 Å². The third-order valence-electron chi connectivity index (χ3n) is 12.7. The van der Waals surface area contributed by atoms with Gasteiger partial charge >= 0.3 is 0 Å². The van der Waals surface area contributed by atoms with Gasteiger partial charge in [-0.15, -0.1) is 0 Å². The topological polar surface area (TPSA) is 51.2 Å². The third-order valence-corrected chi connectivity index (χ3v) is 12.7. The molecule has 5 aliphatic rings. The van der Waals surface area contributed by atoms with Gasteiger partial charge in [0.25, 0.3) is 0 Å². The Morgan fingerprint density at radius 1 is 0.848 bits per heavy atom. The summed E-state index contributed by atoms with van der Waals surface area (Å²) in [5.41, 5.74) is -0.129. The Hall–Kier alpha value is -1.25. The first-order valence-electron chi connectivity index (χ1n) is 13.4. The molecule has 3 heteroatoms. The quantitative estimate of drug-likeness (QED) is 0.422. The van der Waals surface area contributed by atoms with E-state index >= 15 is 0 Å². The Morgan fingerprint density at radius 3 is 2.15 bits per heavy atom. The van der Waals surface area contributed by atoms with Crippen molar-refractivity contribution in [3.63, 3.8) is 0 Å². The van der Waals surface area contributed by atoms with Crippen LogP contribution >= 0.6 is 0 Å². The Labute approximate surface area is 200 Å². The monoisotopic (exact) mass is 452 g/mol. The van der Waals surface area contributed by atoms with Gasteiger partial charge in [0.2, 0.25) is 0 Å². The summed E-state index contributed by atoms with van der Waals surface area (Å²) >= 11 is 0. The highest BCUT2D eigenvalue weighted by Crippen LogP contribution is 2.76. The van der Waals surface area contributed by atoms with E-state index in [1.165, 1.54) is 5.57 Å². The molecule has 0 aromatic carbocycles. The lowest BCUT2D eigenvalue weighted by atomic mass is 9.32. The summed E-state index contributed by atoms with van der Waals surface area (Å²) in [5.74, 6) is 2.36. The Morgan fingerprint density at radius 2 is 1.52 bits per heavy atom. The molecule has 0 aromatic rings. The van der Waals surface area contributed by atoms with E-state index in [0.717, 1.165) is 32.1 Å². The highest BCUT2D eigenvalue weighted by Gasteiger charge is 2.73. The number of rotatable bonds is 1. The number of Topliss-reactive ketones (excluding diaryl/α,β-unsaturated/α-hetero) is 3. The van der Waals surface area contributed by atoms with E-state index in [9.17, 15) is 14.4 Å². The summed E-state index contributed by atoms with van der Waals surface area (Å²) in [6.07, 6.45) is 6.84. The Kier molecular flexibility index (Phi) is 4.77. The van der Waals surface area contributed by atoms with Gasteiger partial charge in [-0.25, -0.2) is 0 Å². The molecule has 0 spiro atoms. The van der Waals surface area contributed by atoms with Gasteiger partial charge in [-0.1, -0.05) is 53.7 Å². The number of carbonyl (C=O) groups is 3. The van der Waals surface area contributed by atoms with Crippen LogP contribution in [-0.2, 0) is 14.4 Å². The first kappa shape index (κ1) is 23.5. The summed E-state index contributed by atoms with van der Waals surface area (Å²) in [4.78, 5) is 40.7. The summed E-state index contributed by atoms with van der Waals surface area (Å²) in [6, 6.07) is 0. The molecule has 3 nitrogen and oxygen atoms in total. The van der Waals surface area contributed by atoms with Crippen molar-refractivity contribution in [1.29, 1.82) is 0 Å². The first-order chi connectivity index (χ1) is 15.1. The van der Waals surface area contributed by atoms with Crippen molar-refractivity contribution in [2.24, 2.45) is 56.7 Å². The summed E-state index contributed by atoms with van der Waals surface area (Å²) in [7, 11) is 0. The molecule has 0 aromatic heterocycles. The molecular formula is C30H44O3. The molecule has 5 saturated carbocycles. The van der Waals surface area contributed by atoms with Crippen molar-refractivity contribution in [1.82, 2.24) is 0 Å². The normalized spacial score (nSPS) is 53.1. The molecule has 0 aliphatic heterocycles. The van der Waals surface area contributed by atoms with E-state index in [1.54, 1.807) is 0 Å². The van der Waals surface area contributed by atoms with Crippen molar-refractivity contribution in [2.45, 2.75) is 99.8 Å². The second kappa shape index (κ2) is 6.70. The molecule has 182 valence electrons. The largest absolute Gasteiger partial charge is 0.299 e. The maximum atomic E-state index is 14.0. The van der Waals surface area contributed by atoms with Crippen LogP contribution in [0.4, 0.5) is 0 Å². The summed E-state index contributed by atoms with van der Waals surface area (Å²) in [6.45, 7) is 19.8. The molecule has 0 N–H and O–H groups in total. The van der Waals surface area contributed by atoms with E-state index < -0.39 is 5.41 Å². The van der Waals surface area contributed by atoms with Crippen LogP contribution in [0.5, 0.6) is 0 Å². The van der Waals surface area contributed by atoms with E-state index in [1.807, 2.05) is 13.8 Å². The minimum Gasteiger partial charge on any atom is -0.299 e. The number of allylic oxidation sites excluding steroid dienone is 1. The molecule has 0 heterocycles. The molecule has 9 atom stereocenters. The van der Waals surface area contributed by atoms with Crippen LogP contribution in [-0.4, -0.2) is 17.3 Å². The number of fused-ring (bicyclic) bond motifs is 7. The lowest BCUT2D eigenvalue weighted by Crippen LogP contribution is -2.69. The third kappa shape index (κ3) is 2.61. The minimum absolute atomic E-state index is 0.164. The average Bonchev–Trinajstić information content (AvgIpc) is 3.05. The highest BCUT2D eigenvalue weighted by molar-refractivity contribution is 5.95. The first-order valence-corrected chi connectivity index (χ1v) is 13.4. The van der Waals surface area contributed by atoms with E-state index in [2.05, 4.69) is 41.2 Å². The van der Waals surface area contributed by atoms with E-state index in [4.69, 9.17) is 0 Å². The van der Waals surface area contributed by atoms with Gasteiger partial charge in [0, 0.05) is 36.0 Å². The van der Waals surface area contributed by atoms with Gasteiger partial charge in [-0.2, -0.15) is 0 Å². The molecule has 0 bridgehead atoms. The van der Waals surface area contributed by atoms with Crippen LogP contribution in [0, 0.1) is 56.7 Å². The lowest BCUT2D eigenvalue weighted by molar-refractivity contribution is -0.223. The van der Waals surface area contributed by atoms with Crippen LogP contribution in [0.25, 0.3) is 0 Å². The Balaban J connectivity index is 1.63. The number of hydrogen-bond donors (Lipinski definition) is 0. The predicted molar refractivity (Wildman–Crippen MR) is 130 cm³/mol. The van der Waals surface area contributed by atoms with Crippen molar-refractivity contribution < 1.29 is 14.4 Å². The maximum absolute atomic E-state index is 14.0. The average molecular weight is 453 g/mol. The van der Waals surface area contributed by atoms with Crippen molar-refractivity contribution in [3.05, 3.63) is 12.2 Å². The zero-order valence-corrected chi connectivity index (χ0v) is 22.0. The number of carbonyl (C=O) groups excluding carboxylic acids is 3. The molecule has 0 saturated heterocycles. The summed E-state index contributed by atoms with van der Waals surface area (Å²) in [5, 5.41) is 0. The van der Waals surface area contributed by atoms with Gasteiger partial charge in [0.1, 0.15) is 17.3 Å². The minimum atomic E-state index is -0.583. The van der Waals surface area contributed by atoms with Gasteiger partial charge in [-0.3, -0.25) is 14.4 Å². The molecule has 5 rings (SSSR count). The molecule has 33 heavy (non-hydrogen) atoms. The fraction of sp³-hybridized carbons (Fsp3) is 0.833.